The first kappa shape index (κ1) is 11.2. The second-order valence-electron chi connectivity index (χ2n) is 3.01. The fraction of sp³-hybridized carbons (Fsp3) is 0.273. The lowest BCUT2D eigenvalue weighted by molar-refractivity contribution is -0.105. The maximum Gasteiger partial charge on any atom is 0.338 e. The van der Waals surface area contributed by atoms with Gasteiger partial charge in [0.25, 0.3) is 0 Å². The van der Waals surface area contributed by atoms with Crippen molar-refractivity contribution in [3.8, 4) is 0 Å². The summed E-state index contributed by atoms with van der Waals surface area (Å²) >= 11 is 0. The van der Waals surface area contributed by atoms with Crippen molar-refractivity contribution in [2.24, 2.45) is 0 Å². The first-order valence-corrected chi connectivity index (χ1v) is 4.67. The Morgan fingerprint density at radius 2 is 2.27 bits per heavy atom. The zero-order valence-corrected chi connectivity index (χ0v) is 8.74. The van der Waals surface area contributed by atoms with Gasteiger partial charge in [-0.05, 0) is 37.6 Å². The Kier molecular flexibility index (Phi) is 3.85. The number of anilines is 1. The van der Waals surface area contributed by atoms with E-state index in [1.807, 2.05) is 0 Å². The molecule has 15 heavy (non-hydrogen) atoms. The summed E-state index contributed by atoms with van der Waals surface area (Å²) in [5, 5.41) is 2.51. The number of nitrogens with one attached hydrogen (secondary N) is 1. The SMILES string of the molecule is CCOC(=O)c1ccc(NC=O)cc1C. The highest BCUT2D eigenvalue weighted by molar-refractivity contribution is 5.92. The van der Waals surface area contributed by atoms with Crippen LogP contribution >= 0.6 is 0 Å². The minimum Gasteiger partial charge on any atom is -0.462 e. The molecular weight excluding hydrogens is 194 g/mol. The fourth-order valence-corrected chi connectivity index (χ4v) is 1.26. The molecule has 1 amide bonds. The molecule has 0 aliphatic carbocycles. The van der Waals surface area contributed by atoms with E-state index in [1.165, 1.54) is 0 Å². The van der Waals surface area contributed by atoms with Gasteiger partial charge in [-0.1, -0.05) is 0 Å². The van der Waals surface area contributed by atoms with Crippen molar-refractivity contribution in [2.75, 3.05) is 11.9 Å². The molecular formula is C11H13NO3. The van der Waals surface area contributed by atoms with Gasteiger partial charge < -0.3 is 10.1 Å². The van der Waals surface area contributed by atoms with Crippen molar-refractivity contribution < 1.29 is 14.3 Å². The quantitative estimate of drug-likeness (QED) is 0.604. The molecule has 0 atom stereocenters. The first-order chi connectivity index (χ1) is 7.19. The van der Waals surface area contributed by atoms with Crippen LogP contribution in [0.25, 0.3) is 0 Å². The van der Waals surface area contributed by atoms with E-state index < -0.39 is 0 Å². The summed E-state index contributed by atoms with van der Waals surface area (Å²) in [7, 11) is 0. The van der Waals surface area contributed by atoms with Crippen LogP contribution < -0.4 is 5.32 Å². The maximum atomic E-state index is 11.4. The summed E-state index contributed by atoms with van der Waals surface area (Å²) in [6.45, 7) is 3.91. The molecule has 0 aliphatic heterocycles. The Labute approximate surface area is 88.2 Å². The molecule has 80 valence electrons. The Bertz CT molecular complexity index is 374. The lowest BCUT2D eigenvalue weighted by Gasteiger charge is -2.06. The van der Waals surface area contributed by atoms with E-state index in [2.05, 4.69) is 5.32 Å². The van der Waals surface area contributed by atoms with Crippen molar-refractivity contribution in [1.29, 1.82) is 0 Å². The van der Waals surface area contributed by atoms with Crippen molar-refractivity contribution in [2.45, 2.75) is 13.8 Å². The Morgan fingerprint density at radius 3 is 2.80 bits per heavy atom. The van der Waals surface area contributed by atoms with Gasteiger partial charge in [0.1, 0.15) is 0 Å². The van der Waals surface area contributed by atoms with Crippen LogP contribution in [0.5, 0.6) is 0 Å². The van der Waals surface area contributed by atoms with E-state index in [4.69, 9.17) is 4.74 Å². The van der Waals surface area contributed by atoms with Gasteiger partial charge in [0.05, 0.1) is 12.2 Å². The minimum atomic E-state index is -0.340. The number of ether oxygens (including phenoxy) is 1. The van der Waals surface area contributed by atoms with Crippen molar-refractivity contribution in [1.82, 2.24) is 0 Å². The average Bonchev–Trinajstić information content (AvgIpc) is 2.18. The van der Waals surface area contributed by atoms with Crippen molar-refractivity contribution >= 4 is 18.1 Å². The Morgan fingerprint density at radius 1 is 1.53 bits per heavy atom. The van der Waals surface area contributed by atoms with Gasteiger partial charge in [-0.25, -0.2) is 4.79 Å². The van der Waals surface area contributed by atoms with E-state index in [1.54, 1.807) is 32.0 Å². The summed E-state index contributed by atoms with van der Waals surface area (Å²) in [5.41, 5.74) is 1.96. The van der Waals surface area contributed by atoms with E-state index in [-0.39, 0.29) is 5.97 Å². The molecule has 0 radical (unpaired) electrons. The largest absolute Gasteiger partial charge is 0.462 e. The molecule has 1 aromatic rings. The van der Waals surface area contributed by atoms with Crippen molar-refractivity contribution in [3.05, 3.63) is 29.3 Å². The Hall–Kier alpha value is -1.84. The third-order valence-electron chi connectivity index (χ3n) is 1.95. The van der Waals surface area contributed by atoms with Gasteiger partial charge >= 0.3 is 5.97 Å². The number of aryl methyl sites for hydroxylation is 1. The molecule has 0 aliphatic rings. The van der Waals surface area contributed by atoms with Crippen LogP contribution in [-0.4, -0.2) is 19.0 Å². The summed E-state index contributed by atoms with van der Waals surface area (Å²) in [4.78, 5) is 21.6. The topological polar surface area (TPSA) is 55.4 Å². The van der Waals surface area contributed by atoms with Gasteiger partial charge in [-0.3, -0.25) is 4.79 Å². The lowest BCUT2D eigenvalue weighted by atomic mass is 10.1. The average molecular weight is 207 g/mol. The molecule has 0 bridgehead atoms. The number of amides is 1. The third kappa shape index (κ3) is 2.80. The minimum absolute atomic E-state index is 0.340. The molecule has 0 saturated carbocycles. The summed E-state index contributed by atoms with van der Waals surface area (Å²) in [6, 6.07) is 5.02. The summed E-state index contributed by atoms with van der Waals surface area (Å²) in [5.74, 6) is -0.340. The monoisotopic (exact) mass is 207 g/mol. The lowest BCUT2D eigenvalue weighted by Crippen LogP contribution is -2.07. The molecule has 0 heterocycles. The molecule has 0 aromatic heterocycles. The number of carbonyl (C=O) groups excluding carboxylic acids is 2. The predicted molar refractivity (Wildman–Crippen MR) is 56.8 cm³/mol. The van der Waals surface area contributed by atoms with E-state index >= 15 is 0 Å². The summed E-state index contributed by atoms with van der Waals surface area (Å²) < 4.78 is 4.88. The molecule has 1 rings (SSSR count). The molecule has 0 spiro atoms. The predicted octanol–water partition coefficient (Wildman–Crippen LogP) is 1.74. The second kappa shape index (κ2) is 5.14. The van der Waals surface area contributed by atoms with Gasteiger partial charge in [-0.2, -0.15) is 0 Å². The number of benzene rings is 1. The molecule has 0 saturated heterocycles. The Balaban J connectivity index is 2.92. The van der Waals surface area contributed by atoms with Crippen LogP contribution in [0.4, 0.5) is 5.69 Å². The molecule has 0 unspecified atom stereocenters. The van der Waals surface area contributed by atoms with Gasteiger partial charge in [-0.15, -0.1) is 0 Å². The third-order valence-corrected chi connectivity index (χ3v) is 1.95. The maximum absolute atomic E-state index is 11.4. The van der Waals surface area contributed by atoms with E-state index in [0.29, 0.717) is 24.3 Å². The number of rotatable bonds is 4. The van der Waals surface area contributed by atoms with E-state index in [0.717, 1.165) is 5.56 Å². The smallest absolute Gasteiger partial charge is 0.338 e. The highest BCUT2D eigenvalue weighted by Crippen LogP contribution is 2.15. The zero-order valence-electron chi connectivity index (χ0n) is 8.74. The standard InChI is InChI=1S/C11H13NO3/c1-3-15-11(14)10-5-4-9(12-7-13)6-8(10)2/h4-7H,3H2,1-2H3,(H,12,13). The van der Waals surface area contributed by atoms with E-state index in [9.17, 15) is 9.59 Å². The first-order valence-electron chi connectivity index (χ1n) is 4.67. The van der Waals surface area contributed by atoms with Crippen molar-refractivity contribution in [3.63, 3.8) is 0 Å². The van der Waals surface area contributed by atoms with Gasteiger partial charge in [0.15, 0.2) is 0 Å². The van der Waals surface area contributed by atoms with Crippen LogP contribution in [0, 0.1) is 6.92 Å². The van der Waals surface area contributed by atoms with Crippen LogP contribution in [0.1, 0.15) is 22.8 Å². The van der Waals surface area contributed by atoms with Gasteiger partial charge in [0, 0.05) is 5.69 Å². The van der Waals surface area contributed by atoms with Crippen LogP contribution in [0.2, 0.25) is 0 Å². The second-order valence-corrected chi connectivity index (χ2v) is 3.01. The number of hydrogen-bond donors (Lipinski definition) is 1. The zero-order chi connectivity index (χ0) is 11.3. The van der Waals surface area contributed by atoms with Crippen LogP contribution in [-0.2, 0) is 9.53 Å². The number of carbonyl (C=O) groups is 2. The number of esters is 1. The molecule has 1 N–H and O–H groups in total. The summed E-state index contributed by atoms with van der Waals surface area (Å²) in [6.07, 6.45) is 0.596. The molecule has 0 fully saturated rings. The molecule has 4 heteroatoms. The molecule has 4 nitrogen and oxygen atoms in total. The normalized spacial score (nSPS) is 9.47. The highest BCUT2D eigenvalue weighted by atomic mass is 16.5. The van der Waals surface area contributed by atoms with Crippen LogP contribution in [0.15, 0.2) is 18.2 Å². The molecule has 1 aromatic carbocycles. The fourth-order valence-electron chi connectivity index (χ4n) is 1.26. The highest BCUT2D eigenvalue weighted by Gasteiger charge is 2.09. The van der Waals surface area contributed by atoms with Crippen LogP contribution in [0.3, 0.4) is 0 Å². The van der Waals surface area contributed by atoms with Gasteiger partial charge in [0.2, 0.25) is 6.41 Å². The number of hydrogen-bond acceptors (Lipinski definition) is 3.